The summed E-state index contributed by atoms with van der Waals surface area (Å²) in [5.74, 6) is -0.518. The van der Waals surface area contributed by atoms with Gasteiger partial charge in [-0.2, -0.15) is 0 Å². The molecule has 0 radical (unpaired) electrons. The van der Waals surface area contributed by atoms with Gasteiger partial charge in [-0.05, 0) is 70.6 Å². The van der Waals surface area contributed by atoms with Crippen LogP contribution in [0.5, 0.6) is 0 Å². The van der Waals surface area contributed by atoms with E-state index in [9.17, 15) is 19.8 Å². The van der Waals surface area contributed by atoms with E-state index in [1.54, 1.807) is 0 Å². The average Bonchev–Trinajstić information content (AvgIpc) is 3.29. The Morgan fingerprint density at radius 3 is 1.33 bits per heavy atom. The zero-order valence-corrected chi connectivity index (χ0v) is 42.4. The molecule has 0 bridgehead atoms. The van der Waals surface area contributed by atoms with Gasteiger partial charge in [0, 0.05) is 6.42 Å². The summed E-state index contributed by atoms with van der Waals surface area (Å²) in [5, 5.41) is 23.8. The normalized spacial score (nSPS) is 13.6. The van der Waals surface area contributed by atoms with Crippen molar-refractivity contribution in [2.45, 2.75) is 289 Å². The highest BCUT2D eigenvalue weighted by Gasteiger charge is 2.24. The Labute approximate surface area is 397 Å². The van der Waals surface area contributed by atoms with E-state index in [2.05, 4.69) is 62.5 Å². The fourth-order valence-electron chi connectivity index (χ4n) is 8.26. The Bertz CT molecular complexity index is 1140. The summed E-state index contributed by atoms with van der Waals surface area (Å²) in [4.78, 5) is 26.2. The fraction of sp³-hybridized carbons (Fsp3) is 0.793. The van der Waals surface area contributed by atoms with Crippen LogP contribution in [0, 0.1) is 0 Å². The number of hydrogen-bond acceptors (Lipinski definition) is 5. The number of rotatable bonds is 49. The smallest absolute Gasteiger partial charge is 0.306 e. The predicted octanol–water partition coefficient (Wildman–Crippen LogP) is 16.8. The van der Waals surface area contributed by atoms with Gasteiger partial charge < -0.3 is 20.3 Å². The van der Waals surface area contributed by atoms with Crippen LogP contribution in [0.25, 0.3) is 0 Å². The van der Waals surface area contributed by atoms with Crippen LogP contribution in [-0.2, 0) is 14.3 Å². The number of ether oxygens (including phenoxy) is 1. The van der Waals surface area contributed by atoms with Crippen molar-refractivity contribution in [3.63, 3.8) is 0 Å². The highest BCUT2D eigenvalue weighted by molar-refractivity contribution is 5.77. The van der Waals surface area contributed by atoms with Gasteiger partial charge in [0.1, 0.15) is 6.10 Å². The number of unbranched alkanes of at least 4 members (excludes halogenated alkanes) is 30. The summed E-state index contributed by atoms with van der Waals surface area (Å²) in [6, 6.07) is -0.713. The zero-order valence-electron chi connectivity index (χ0n) is 42.4. The van der Waals surface area contributed by atoms with Crippen molar-refractivity contribution in [1.29, 1.82) is 0 Å². The Morgan fingerprint density at radius 1 is 0.469 bits per heavy atom. The van der Waals surface area contributed by atoms with Crippen LogP contribution in [-0.4, -0.2) is 46.9 Å². The first kappa shape index (κ1) is 61.6. The minimum atomic E-state index is -0.797. The maximum Gasteiger partial charge on any atom is 0.306 e. The molecule has 0 saturated carbocycles. The molecule has 0 aromatic heterocycles. The molecule has 372 valence electrons. The number of esters is 1. The molecular weight excluding hydrogens is 791 g/mol. The quantitative estimate of drug-likeness (QED) is 0.0245. The minimum absolute atomic E-state index is 0.0582. The number of hydrogen-bond donors (Lipinski definition) is 3. The average molecular weight is 896 g/mol. The van der Waals surface area contributed by atoms with E-state index in [-0.39, 0.29) is 24.9 Å². The van der Waals surface area contributed by atoms with Crippen LogP contribution in [0.1, 0.15) is 271 Å². The first-order valence-electron chi connectivity index (χ1n) is 27.6. The lowest BCUT2D eigenvalue weighted by molar-refractivity contribution is -0.151. The van der Waals surface area contributed by atoms with Gasteiger partial charge in [0.2, 0.25) is 5.91 Å². The third-order valence-electron chi connectivity index (χ3n) is 12.4. The van der Waals surface area contributed by atoms with Crippen molar-refractivity contribution in [1.82, 2.24) is 5.32 Å². The van der Waals surface area contributed by atoms with Crippen LogP contribution in [0.2, 0.25) is 0 Å². The Kier molecular flexibility index (Phi) is 49.6. The van der Waals surface area contributed by atoms with Crippen molar-refractivity contribution in [3.8, 4) is 0 Å². The number of aliphatic hydroxyl groups is 2. The van der Waals surface area contributed by atoms with Gasteiger partial charge in [-0.3, -0.25) is 9.59 Å². The second-order valence-electron chi connectivity index (χ2n) is 18.7. The minimum Gasteiger partial charge on any atom is -0.462 e. The first-order valence-corrected chi connectivity index (χ1v) is 27.6. The summed E-state index contributed by atoms with van der Waals surface area (Å²) in [5.41, 5.74) is 0. The van der Waals surface area contributed by atoms with Crippen molar-refractivity contribution in [2.24, 2.45) is 0 Å². The highest BCUT2D eigenvalue weighted by Crippen LogP contribution is 2.18. The molecule has 1 amide bonds. The van der Waals surface area contributed by atoms with Gasteiger partial charge in [-0.1, -0.05) is 248 Å². The van der Waals surface area contributed by atoms with E-state index >= 15 is 0 Å². The van der Waals surface area contributed by atoms with Crippen LogP contribution < -0.4 is 5.32 Å². The van der Waals surface area contributed by atoms with Crippen molar-refractivity contribution < 1.29 is 24.5 Å². The summed E-state index contributed by atoms with van der Waals surface area (Å²) in [6.45, 7) is 6.35. The number of aliphatic hydroxyl groups excluding tert-OH is 2. The van der Waals surface area contributed by atoms with Crippen molar-refractivity contribution in [2.75, 3.05) is 6.61 Å². The summed E-state index contributed by atoms with van der Waals surface area (Å²) < 4.78 is 5.93. The molecule has 6 nitrogen and oxygen atoms in total. The van der Waals surface area contributed by atoms with E-state index in [1.165, 1.54) is 154 Å². The topological polar surface area (TPSA) is 95.9 Å². The van der Waals surface area contributed by atoms with Gasteiger partial charge in [-0.25, -0.2) is 0 Å². The highest BCUT2D eigenvalue weighted by atomic mass is 16.5. The van der Waals surface area contributed by atoms with Crippen LogP contribution in [0.3, 0.4) is 0 Å². The summed E-state index contributed by atoms with van der Waals surface area (Å²) >= 11 is 0. The standard InChI is InChI=1S/C58H105NO5/c1-4-7-10-13-16-19-22-25-27-28-30-32-34-37-40-43-46-49-54(64-58(63)51-48-45-42-39-36-31-24-21-18-15-12-9-6-3)52-57(62)59-55(53-60)56(61)50-47-44-41-38-35-33-29-26-23-20-17-14-11-8-5-2/h9,12,15,18,21,24-25,27,31,36,54-56,60-61H,4-8,10-11,13-14,16-17,19-20,22-23,26,28-30,32-35,37-53H2,1-3H3,(H,59,62)/b12-9+,18-15+,24-21-,27-25+,36-31-. The van der Waals surface area contributed by atoms with Gasteiger partial charge in [0.25, 0.3) is 0 Å². The Balaban J connectivity index is 4.61. The molecule has 0 spiro atoms. The van der Waals surface area contributed by atoms with Gasteiger partial charge in [0.15, 0.2) is 0 Å². The Morgan fingerprint density at radius 2 is 0.859 bits per heavy atom. The lowest BCUT2D eigenvalue weighted by Gasteiger charge is -2.24. The summed E-state index contributed by atoms with van der Waals surface area (Å²) in [6.07, 6.45) is 64.2. The first-order chi connectivity index (χ1) is 31.5. The molecule has 0 rings (SSSR count). The lowest BCUT2D eigenvalue weighted by Crippen LogP contribution is -2.46. The molecule has 0 aromatic rings. The van der Waals surface area contributed by atoms with Crippen molar-refractivity contribution in [3.05, 3.63) is 60.8 Å². The molecule has 0 fully saturated rings. The van der Waals surface area contributed by atoms with Crippen molar-refractivity contribution >= 4 is 11.9 Å². The number of carbonyl (C=O) groups excluding carboxylic acids is 2. The van der Waals surface area contributed by atoms with Crippen LogP contribution >= 0.6 is 0 Å². The van der Waals surface area contributed by atoms with E-state index in [4.69, 9.17) is 4.74 Å². The van der Waals surface area contributed by atoms with E-state index in [0.29, 0.717) is 19.3 Å². The molecule has 6 heteroatoms. The molecule has 0 heterocycles. The molecule has 3 atom stereocenters. The second-order valence-corrected chi connectivity index (χ2v) is 18.7. The van der Waals surface area contributed by atoms with E-state index in [0.717, 1.165) is 70.6 Å². The number of carbonyl (C=O) groups is 2. The van der Waals surface area contributed by atoms with Crippen LogP contribution in [0.15, 0.2) is 60.8 Å². The number of nitrogens with one attached hydrogen (secondary N) is 1. The van der Waals surface area contributed by atoms with Gasteiger partial charge >= 0.3 is 5.97 Å². The molecule has 3 N–H and O–H groups in total. The zero-order chi connectivity index (χ0) is 46.7. The SMILES string of the molecule is CC/C=C/C=C/C=C\C=C/CCCCCC(=O)OC(CCCCCCCCC/C=C/CCCCCCCC)CC(=O)NC(CO)C(O)CCCCCCCCCCCCCCCCC. The maximum atomic E-state index is 13.2. The molecule has 0 aromatic carbocycles. The molecular formula is C58H105NO5. The van der Waals surface area contributed by atoms with Gasteiger partial charge in [0.05, 0.1) is 25.2 Å². The predicted molar refractivity (Wildman–Crippen MR) is 278 cm³/mol. The maximum absolute atomic E-state index is 13.2. The third-order valence-corrected chi connectivity index (χ3v) is 12.4. The second kappa shape index (κ2) is 51.5. The monoisotopic (exact) mass is 896 g/mol. The largest absolute Gasteiger partial charge is 0.462 e. The molecule has 3 unspecified atom stereocenters. The molecule has 0 aliphatic rings. The fourth-order valence-corrected chi connectivity index (χ4v) is 8.26. The molecule has 64 heavy (non-hydrogen) atoms. The Hall–Kier alpha value is -2.44. The number of amides is 1. The number of allylic oxidation sites excluding steroid dienone is 10. The van der Waals surface area contributed by atoms with E-state index < -0.39 is 18.2 Å². The third kappa shape index (κ3) is 46.1. The molecule has 0 saturated heterocycles. The van der Waals surface area contributed by atoms with E-state index in [1.807, 2.05) is 24.3 Å². The molecule has 0 aliphatic carbocycles. The summed E-state index contributed by atoms with van der Waals surface area (Å²) in [7, 11) is 0. The van der Waals surface area contributed by atoms with Crippen LogP contribution in [0.4, 0.5) is 0 Å². The lowest BCUT2D eigenvalue weighted by atomic mass is 10.0. The molecule has 0 aliphatic heterocycles. The van der Waals surface area contributed by atoms with Gasteiger partial charge in [-0.15, -0.1) is 0 Å².